The van der Waals surface area contributed by atoms with Crippen LogP contribution in [-0.4, -0.2) is 50.2 Å². The fourth-order valence-corrected chi connectivity index (χ4v) is 7.09. The number of amides is 2. The summed E-state index contributed by atoms with van der Waals surface area (Å²) in [6.07, 6.45) is 10.2. The number of carbonyl (C=O) groups is 2. The van der Waals surface area contributed by atoms with E-state index in [0.29, 0.717) is 38.5 Å². The normalized spacial score (nSPS) is 26.2. The summed E-state index contributed by atoms with van der Waals surface area (Å²) >= 11 is 0. The van der Waals surface area contributed by atoms with Crippen LogP contribution >= 0.6 is 0 Å². The maximum absolute atomic E-state index is 14.4. The molecule has 3 rings (SSSR count). The summed E-state index contributed by atoms with van der Waals surface area (Å²) in [7, 11) is 0. The van der Waals surface area contributed by atoms with Gasteiger partial charge in [-0.25, -0.2) is 0 Å². The molecule has 4 N–H and O–H groups in total. The molecule has 0 aromatic heterocycles. The second-order valence-corrected chi connectivity index (χ2v) is 11.7. The minimum atomic E-state index is -1.20. The van der Waals surface area contributed by atoms with Crippen LogP contribution in [0.3, 0.4) is 0 Å². The van der Waals surface area contributed by atoms with E-state index in [0.717, 1.165) is 44.9 Å². The molecule has 3 fully saturated rings. The highest BCUT2D eigenvalue weighted by atomic mass is 16.3. The predicted molar refractivity (Wildman–Crippen MR) is 126 cm³/mol. The van der Waals surface area contributed by atoms with Gasteiger partial charge in [0.15, 0.2) is 0 Å². The first-order valence-corrected chi connectivity index (χ1v) is 13.1. The molecule has 6 heteroatoms. The first-order chi connectivity index (χ1) is 15.0. The Morgan fingerprint density at radius 2 is 1.06 bits per heavy atom. The Morgan fingerprint density at radius 3 is 1.31 bits per heavy atom. The Bertz CT molecular complexity index is 637. The van der Waals surface area contributed by atoms with Crippen LogP contribution in [0.4, 0.5) is 0 Å². The number of primary amides is 1. The second kappa shape index (κ2) is 9.61. The number of nitrogens with zero attached hydrogens (tertiary/aromatic N) is 1. The lowest BCUT2D eigenvalue weighted by Crippen LogP contribution is -2.71. The van der Waals surface area contributed by atoms with Gasteiger partial charge in [0.1, 0.15) is 5.41 Å². The van der Waals surface area contributed by atoms with Crippen LogP contribution in [0, 0.1) is 17.3 Å². The van der Waals surface area contributed by atoms with Gasteiger partial charge in [0, 0.05) is 0 Å². The number of hydrogen-bond acceptors (Lipinski definition) is 4. The van der Waals surface area contributed by atoms with Crippen molar-refractivity contribution < 1.29 is 19.8 Å². The lowest BCUT2D eigenvalue weighted by atomic mass is 9.64. The fraction of sp³-hybridized carbons (Fsp3) is 0.923. The quantitative estimate of drug-likeness (QED) is 0.488. The van der Waals surface area contributed by atoms with Gasteiger partial charge in [0.05, 0.1) is 23.3 Å². The maximum atomic E-state index is 14.4. The zero-order valence-electron chi connectivity index (χ0n) is 20.7. The van der Waals surface area contributed by atoms with Crippen molar-refractivity contribution in [2.75, 3.05) is 0 Å². The van der Waals surface area contributed by atoms with Crippen molar-refractivity contribution in [3.8, 4) is 0 Å². The summed E-state index contributed by atoms with van der Waals surface area (Å²) < 4.78 is 0. The molecule has 3 aliphatic rings. The van der Waals surface area contributed by atoms with E-state index in [1.807, 2.05) is 4.90 Å². The summed E-state index contributed by atoms with van der Waals surface area (Å²) in [6.45, 7) is 8.21. The van der Waals surface area contributed by atoms with Gasteiger partial charge in [-0.2, -0.15) is 0 Å². The molecule has 184 valence electrons. The van der Waals surface area contributed by atoms with Crippen LogP contribution in [-0.2, 0) is 9.59 Å². The Labute approximate surface area is 194 Å². The van der Waals surface area contributed by atoms with E-state index in [1.165, 1.54) is 0 Å². The minimum Gasteiger partial charge on any atom is -0.388 e. The van der Waals surface area contributed by atoms with E-state index in [1.54, 1.807) is 0 Å². The molecule has 0 radical (unpaired) electrons. The van der Waals surface area contributed by atoms with Gasteiger partial charge in [0.2, 0.25) is 11.8 Å². The largest absolute Gasteiger partial charge is 0.388 e. The van der Waals surface area contributed by atoms with Crippen molar-refractivity contribution in [1.29, 1.82) is 0 Å². The lowest BCUT2D eigenvalue weighted by Gasteiger charge is -2.57. The molecule has 0 spiro atoms. The molecule has 0 aromatic carbocycles. The molecule has 0 saturated heterocycles. The van der Waals surface area contributed by atoms with Crippen molar-refractivity contribution in [2.45, 2.75) is 134 Å². The van der Waals surface area contributed by atoms with E-state index in [9.17, 15) is 19.8 Å². The first kappa shape index (κ1) is 25.5. The molecule has 0 aromatic rings. The van der Waals surface area contributed by atoms with Crippen molar-refractivity contribution in [1.82, 2.24) is 4.90 Å². The summed E-state index contributed by atoms with van der Waals surface area (Å²) in [4.78, 5) is 28.8. The molecule has 2 atom stereocenters. The number of hydrogen-bond donors (Lipinski definition) is 3. The van der Waals surface area contributed by atoms with Crippen LogP contribution < -0.4 is 5.73 Å². The van der Waals surface area contributed by atoms with Gasteiger partial charge >= 0.3 is 0 Å². The highest BCUT2D eigenvalue weighted by Gasteiger charge is 2.59. The Kier molecular flexibility index (Phi) is 7.66. The minimum absolute atomic E-state index is 0.0134. The van der Waals surface area contributed by atoms with E-state index in [2.05, 4.69) is 27.7 Å². The smallest absolute Gasteiger partial charge is 0.238 e. The van der Waals surface area contributed by atoms with Gasteiger partial charge in [-0.05, 0) is 50.4 Å². The predicted octanol–water partition coefficient (Wildman–Crippen LogP) is 3.91. The monoisotopic (exact) mass is 450 g/mol. The second-order valence-electron chi connectivity index (χ2n) is 11.7. The SMILES string of the molecule is CC(C)C(N(C(=O)C1(C(N)=O)CCC1)C(C(C)C)C1(O)CCCCC1)C1(O)CCCCC1. The third-order valence-corrected chi connectivity index (χ3v) is 8.72. The van der Waals surface area contributed by atoms with Gasteiger partial charge in [-0.3, -0.25) is 9.59 Å². The average molecular weight is 451 g/mol. The molecule has 6 nitrogen and oxygen atoms in total. The topological polar surface area (TPSA) is 104 Å². The summed E-state index contributed by atoms with van der Waals surface area (Å²) in [5.74, 6) is -0.845. The Hall–Kier alpha value is -1.14. The van der Waals surface area contributed by atoms with Crippen LogP contribution in [0.25, 0.3) is 0 Å². The maximum Gasteiger partial charge on any atom is 0.238 e. The summed E-state index contributed by atoms with van der Waals surface area (Å²) in [5.41, 5.74) is 2.62. The van der Waals surface area contributed by atoms with Crippen LogP contribution in [0.5, 0.6) is 0 Å². The first-order valence-electron chi connectivity index (χ1n) is 13.1. The lowest BCUT2D eigenvalue weighted by molar-refractivity contribution is -0.188. The Balaban J connectivity index is 2.15. The Morgan fingerprint density at radius 1 is 0.688 bits per heavy atom. The van der Waals surface area contributed by atoms with Crippen molar-refractivity contribution in [3.63, 3.8) is 0 Å². The van der Waals surface area contributed by atoms with E-state index < -0.39 is 34.6 Å². The molecule has 3 saturated carbocycles. The number of rotatable bonds is 8. The van der Waals surface area contributed by atoms with E-state index in [-0.39, 0.29) is 17.7 Å². The number of carbonyl (C=O) groups excluding carboxylic acids is 2. The number of nitrogens with two attached hydrogens (primary N) is 1. The molecule has 0 heterocycles. The molecule has 2 amide bonds. The van der Waals surface area contributed by atoms with Gasteiger partial charge in [0.25, 0.3) is 0 Å². The average Bonchev–Trinajstić information content (AvgIpc) is 2.66. The highest BCUT2D eigenvalue weighted by Crippen LogP contribution is 2.48. The zero-order chi connectivity index (χ0) is 23.7. The molecular formula is C26H46N2O4. The van der Waals surface area contributed by atoms with Gasteiger partial charge in [-0.1, -0.05) is 72.6 Å². The van der Waals surface area contributed by atoms with E-state index >= 15 is 0 Å². The molecule has 0 bridgehead atoms. The molecule has 3 aliphatic carbocycles. The van der Waals surface area contributed by atoms with Crippen LogP contribution in [0.2, 0.25) is 0 Å². The third-order valence-electron chi connectivity index (χ3n) is 8.72. The fourth-order valence-electron chi connectivity index (χ4n) is 7.09. The molecule has 0 aliphatic heterocycles. The van der Waals surface area contributed by atoms with Gasteiger partial charge in [-0.15, -0.1) is 0 Å². The zero-order valence-corrected chi connectivity index (χ0v) is 20.7. The molecule has 32 heavy (non-hydrogen) atoms. The van der Waals surface area contributed by atoms with Crippen molar-refractivity contribution in [3.05, 3.63) is 0 Å². The summed E-state index contributed by atoms with van der Waals surface area (Å²) in [6, 6.07) is -0.907. The molecular weight excluding hydrogens is 404 g/mol. The number of aliphatic hydroxyl groups is 2. The van der Waals surface area contributed by atoms with Crippen molar-refractivity contribution >= 4 is 11.8 Å². The third kappa shape index (κ3) is 4.46. The van der Waals surface area contributed by atoms with Gasteiger partial charge < -0.3 is 20.8 Å². The standard InChI is InChI=1S/C26H46N2O4/c1-18(2)20(25(31)14-7-5-8-15-25)28(23(30)24(22(27)29)12-11-13-24)21(19(3)4)26(32)16-9-6-10-17-26/h18-21,31-32H,5-17H2,1-4H3,(H2,27,29). The highest BCUT2D eigenvalue weighted by molar-refractivity contribution is 6.05. The van der Waals surface area contributed by atoms with Crippen LogP contribution in [0.15, 0.2) is 0 Å². The summed E-state index contributed by atoms with van der Waals surface area (Å²) in [5, 5.41) is 23.9. The van der Waals surface area contributed by atoms with Crippen LogP contribution in [0.1, 0.15) is 111 Å². The van der Waals surface area contributed by atoms with Crippen molar-refractivity contribution in [2.24, 2.45) is 23.0 Å². The molecule has 2 unspecified atom stereocenters. The van der Waals surface area contributed by atoms with E-state index in [4.69, 9.17) is 5.73 Å².